The van der Waals surface area contributed by atoms with Gasteiger partial charge in [0.05, 0.1) is 11.0 Å². The van der Waals surface area contributed by atoms with Crippen LogP contribution in [0.25, 0.3) is 11.0 Å². The largest absolute Gasteiger partial charge is 0.330 e. The second-order valence-corrected chi connectivity index (χ2v) is 5.24. The van der Waals surface area contributed by atoms with Crippen molar-refractivity contribution in [1.29, 1.82) is 0 Å². The van der Waals surface area contributed by atoms with Crippen LogP contribution in [0.5, 0.6) is 0 Å². The smallest absolute Gasteiger partial charge is 0.111 e. The Labute approximate surface area is 109 Å². The van der Waals surface area contributed by atoms with Crippen LogP contribution in [0.2, 0.25) is 0 Å². The summed E-state index contributed by atoms with van der Waals surface area (Å²) in [7, 11) is 0. The number of aryl methyl sites for hydroxylation is 1. The number of hydrogen-bond acceptors (Lipinski definition) is 2. The first-order valence-electron chi connectivity index (χ1n) is 6.86. The predicted molar refractivity (Wildman–Crippen MR) is 76.6 cm³/mol. The lowest BCUT2D eigenvalue weighted by atomic mass is 10.1. The van der Waals surface area contributed by atoms with Gasteiger partial charge in [-0.3, -0.25) is 0 Å². The normalized spacial score (nSPS) is 11.6. The highest BCUT2D eigenvalue weighted by atomic mass is 15.1. The Hall–Kier alpha value is -1.35. The number of para-hydroxylation sites is 2. The fourth-order valence-corrected chi connectivity index (χ4v) is 2.35. The second-order valence-electron chi connectivity index (χ2n) is 5.24. The van der Waals surface area contributed by atoms with Gasteiger partial charge in [-0.15, -0.1) is 0 Å². The van der Waals surface area contributed by atoms with Gasteiger partial charge in [0.25, 0.3) is 0 Å². The van der Waals surface area contributed by atoms with Crippen LogP contribution in [0, 0.1) is 5.92 Å². The number of aromatic nitrogens is 2. The molecule has 0 atom stereocenters. The van der Waals surface area contributed by atoms with E-state index in [0.29, 0.717) is 6.54 Å². The third-order valence-corrected chi connectivity index (χ3v) is 3.26. The average Bonchev–Trinajstić information content (AvgIpc) is 2.68. The van der Waals surface area contributed by atoms with Crippen molar-refractivity contribution in [3.8, 4) is 0 Å². The SMILES string of the molecule is CC(C)CCCn1c(CCN)nc2ccccc21. The predicted octanol–water partition coefficient (Wildman–Crippen LogP) is 2.97. The molecule has 0 saturated carbocycles. The molecule has 3 heteroatoms. The second kappa shape index (κ2) is 6.01. The standard InChI is InChI=1S/C15H23N3/c1-12(2)6-5-11-18-14-8-4-3-7-13(14)17-15(18)9-10-16/h3-4,7-8,12H,5-6,9-11,16H2,1-2H3. The Morgan fingerprint density at radius 2 is 2.06 bits per heavy atom. The summed E-state index contributed by atoms with van der Waals surface area (Å²) in [4.78, 5) is 4.68. The van der Waals surface area contributed by atoms with Gasteiger partial charge in [-0.05, 0) is 37.4 Å². The molecule has 0 fully saturated rings. The lowest BCUT2D eigenvalue weighted by Gasteiger charge is -2.10. The van der Waals surface area contributed by atoms with E-state index in [1.54, 1.807) is 0 Å². The molecule has 0 unspecified atom stereocenters. The number of imidazole rings is 1. The maximum Gasteiger partial charge on any atom is 0.111 e. The van der Waals surface area contributed by atoms with E-state index in [9.17, 15) is 0 Å². The van der Waals surface area contributed by atoms with Gasteiger partial charge in [0, 0.05) is 13.0 Å². The average molecular weight is 245 g/mol. The van der Waals surface area contributed by atoms with Gasteiger partial charge in [-0.1, -0.05) is 26.0 Å². The van der Waals surface area contributed by atoms with E-state index in [1.807, 2.05) is 6.07 Å². The Morgan fingerprint density at radius 3 is 2.78 bits per heavy atom. The lowest BCUT2D eigenvalue weighted by Crippen LogP contribution is -2.10. The summed E-state index contributed by atoms with van der Waals surface area (Å²) in [6.45, 7) is 6.25. The van der Waals surface area contributed by atoms with Crippen molar-refractivity contribution in [3.63, 3.8) is 0 Å². The number of fused-ring (bicyclic) bond motifs is 1. The molecule has 0 amide bonds. The van der Waals surface area contributed by atoms with E-state index < -0.39 is 0 Å². The van der Waals surface area contributed by atoms with Crippen LogP contribution >= 0.6 is 0 Å². The highest BCUT2D eigenvalue weighted by molar-refractivity contribution is 5.75. The van der Waals surface area contributed by atoms with E-state index in [1.165, 1.54) is 18.4 Å². The van der Waals surface area contributed by atoms with Crippen LogP contribution in [-0.4, -0.2) is 16.1 Å². The van der Waals surface area contributed by atoms with E-state index >= 15 is 0 Å². The van der Waals surface area contributed by atoms with Gasteiger partial charge < -0.3 is 10.3 Å². The molecule has 18 heavy (non-hydrogen) atoms. The van der Waals surface area contributed by atoms with Crippen LogP contribution in [0.1, 0.15) is 32.5 Å². The van der Waals surface area contributed by atoms with Crippen molar-refractivity contribution in [2.24, 2.45) is 11.7 Å². The first-order chi connectivity index (χ1) is 8.72. The van der Waals surface area contributed by atoms with Crippen molar-refractivity contribution in [2.75, 3.05) is 6.54 Å². The van der Waals surface area contributed by atoms with Crippen LogP contribution in [0.15, 0.2) is 24.3 Å². The molecule has 1 aromatic carbocycles. The molecule has 98 valence electrons. The molecule has 2 N–H and O–H groups in total. The maximum atomic E-state index is 5.67. The number of nitrogens with two attached hydrogens (primary N) is 1. The first kappa shape index (κ1) is 13.1. The van der Waals surface area contributed by atoms with Crippen molar-refractivity contribution >= 4 is 11.0 Å². The summed E-state index contributed by atoms with van der Waals surface area (Å²) >= 11 is 0. The van der Waals surface area contributed by atoms with Crippen LogP contribution < -0.4 is 5.73 Å². The quantitative estimate of drug-likeness (QED) is 0.850. The van der Waals surface area contributed by atoms with Gasteiger partial charge >= 0.3 is 0 Å². The molecule has 0 aliphatic heterocycles. The van der Waals surface area contributed by atoms with E-state index in [-0.39, 0.29) is 0 Å². The van der Waals surface area contributed by atoms with Gasteiger partial charge in [-0.2, -0.15) is 0 Å². The minimum atomic E-state index is 0.660. The third kappa shape index (κ3) is 2.91. The van der Waals surface area contributed by atoms with Crippen LogP contribution in [0.4, 0.5) is 0 Å². The first-order valence-corrected chi connectivity index (χ1v) is 6.86. The molecule has 0 aliphatic carbocycles. The Morgan fingerprint density at radius 1 is 1.28 bits per heavy atom. The monoisotopic (exact) mass is 245 g/mol. The fraction of sp³-hybridized carbons (Fsp3) is 0.533. The maximum absolute atomic E-state index is 5.67. The number of benzene rings is 1. The zero-order valence-electron chi connectivity index (χ0n) is 11.4. The molecule has 0 saturated heterocycles. The zero-order valence-corrected chi connectivity index (χ0v) is 11.4. The summed E-state index contributed by atoms with van der Waals surface area (Å²) in [5, 5.41) is 0. The lowest BCUT2D eigenvalue weighted by molar-refractivity contribution is 0.509. The van der Waals surface area contributed by atoms with Gasteiger partial charge in [0.15, 0.2) is 0 Å². The van der Waals surface area contributed by atoms with Crippen molar-refractivity contribution in [3.05, 3.63) is 30.1 Å². The molecule has 0 bridgehead atoms. The van der Waals surface area contributed by atoms with Gasteiger partial charge in [0.2, 0.25) is 0 Å². The van der Waals surface area contributed by atoms with Crippen LogP contribution in [-0.2, 0) is 13.0 Å². The third-order valence-electron chi connectivity index (χ3n) is 3.26. The van der Waals surface area contributed by atoms with E-state index in [4.69, 9.17) is 5.73 Å². The highest BCUT2D eigenvalue weighted by Crippen LogP contribution is 2.18. The van der Waals surface area contributed by atoms with Gasteiger partial charge in [0.1, 0.15) is 5.82 Å². The topological polar surface area (TPSA) is 43.8 Å². The van der Waals surface area contributed by atoms with Gasteiger partial charge in [-0.25, -0.2) is 4.98 Å². The van der Waals surface area contributed by atoms with E-state index in [0.717, 1.165) is 30.2 Å². The molecule has 1 aromatic heterocycles. The summed E-state index contributed by atoms with van der Waals surface area (Å²) in [5.41, 5.74) is 8.00. The zero-order chi connectivity index (χ0) is 13.0. The van der Waals surface area contributed by atoms with Crippen LogP contribution in [0.3, 0.4) is 0 Å². The molecule has 2 rings (SSSR count). The molecular weight excluding hydrogens is 222 g/mol. The Kier molecular flexibility index (Phi) is 4.37. The van der Waals surface area contributed by atoms with Crippen molar-refractivity contribution < 1.29 is 0 Å². The van der Waals surface area contributed by atoms with Crippen molar-refractivity contribution in [1.82, 2.24) is 9.55 Å². The number of rotatable bonds is 6. The number of hydrogen-bond donors (Lipinski definition) is 1. The molecule has 0 spiro atoms. The van der Waals surface area contributed by atoms with Crippen molar-refractivity contribution in [2.45, 2.75) is 39.7 Å². The molecule has 2 aromatic rings. The molecule has 3 nitrogen and oxygen atoms in total. The van der Waals surface area contributed by atoms with E-state index in [2.05, 4.69) is 41.6 Å². The summed E-state index contributed by atoms with van der Waals surface area (Å²) in [5.74, 6) is 1.89. The Bertz CT molecular complexity index is 499. The highest BCUT2D eigenvalue weighted by Gasteiger charge is 2.09. The summed E-state index contributed by atoms with van der Waals surface area (Å²) in [6.07, 6.45) is 3.32. The Balaban J connectivity index is 2.24. The molecule has 0 aliphatic rings. The minimum absolute atomic E-state index is 0.660. The molecular formula is C15H23N3. The molecule has 0 radical (unpaired) electrons. The fourth-order valence-electron chi connectivity index (χ4n) is 2.35. The summed E-state index contributed by atoms with van der Waals surface area (Å²) in [6, 6.07) is 8.35. The summed E-state index contributed by atoms with van der Waals surface area (Å²) < 4.78 is 2.34. The molecule has 1 heterocycles. The number of nitrogens with zero attached hydrogens (tertiary/aromatic N) is 2. The minimum Gasteiger partial charge on any atom is -0.330 e.